The first kappa shape index (κ1) is 16.4. The molecule has 0 saturated heterocycles. The highest BCUT2D eigenvalue weighted by atomic mass is 16.5. The third-order valence-corrected chi connectivity index (χ3v) is 5.06. The van der Waals surface area contributed by atoms with Crippen LogP contribution in [0.2, 0.25) is 0 Å². The summed E-state index contributed by atoms with van der Waals surface area (Å²) in [5.41, 5.74) is 4.37. The predicted octanol–water partition coefficient (Wildman–Crippen LogP) is 4.53. The molecule has 0 N–H and O–H groups in total. The van der Waals surface area contributed by atoms with Crippen LogP contribution in [-0.2, 0) is 12.0 Å². The Hall–Kier alpha value is -1.02. The molecule has 0 fully saturated rings. The van der Waals surface area contributed by atoms with E-state index in [1.807, 2.05) is 0 Å². The Kier molecular flexibility index (Phi) is 4.67. The molecule has 0 unspecified atom stereocenters. The van der Waals surface area contributed by atoms with Gasteiger partial charge in [0.25, 0.3) is 0 Å². The van der Waals surface area contributed by atoms with Gasteiger partial charge in [0, 0.05) is 13.1 Å². The van der Waals surface area contributed by atoms with Crippen molar-refractivity contribution in [3.63, 3.8) is 0 Å². The molecule has 0 aromatic heterocycles. The summed E-state index contributed by atoms with van der Waals surface area (Å²) >= 11 is 0. The molecule has 1 aliphatic rings. The van der Waals surface area contributed by atoms with Crippen molar-refractivity contribution in [2.75, 3.05) is 13.1 Å². The standard InChI is InChI=1S/C19H31NO/c1-8-20-11-15(5)19(6,7)17-10-18(21-13(2)3)14(4)9-16(17)12-20/h9-10,13,15H,8,11-12H2,1-7H3/t15-/m1/s1. The normalized spacial score (nSPS) is 22.0. The average Bonchev–Trinajstić information content (AvgIpc) is 2.47. The van der Waals surface area contributed by atoms with E-state index in [-0.39, 0.29) is 11.5 Å². The van der Waals surface area contributed by atoms with Crippen LogP contribution >= 0.6 is 0 Å². The minimum absolute atomic E-state index is 0.183. The van der Waals surface area contributed by atoms with Gasteiger partial charge in [0.15, 0.2) is 0 Å². The minimum atomic E-state index is 0.183. The van der Waals surface area contributed by atoms with E-state index in [1.54, 1.807) is 0 Å². The van der Waals surface area contributed by atoms with Gasteiger partial charge in [-0.3, -0.25) is 4.90 Å². The summed E-state index contributed by atoms with van der Waals surface area (Å²) in [5, 5.41) is 0. The SMILES string of the molecule is CCN1Cc2cc(C)c(OC(C)C)cc2C(C)(C)[C@H](C)C1. The zero-order valence-corrected chi connectivity index (χ0v) is 14.8. The smallest absolute Gasteiger partial charge is 0.122 e. The van der Waals surface area contributed by atoms with Gasteiger partial charge in [-0.05, 0) is 61.4 Å². The number of benzene rings is 1. The van der Waals surface area contributed by atoms with Gasteiger partial charge in [-0.2, -0.15) is 0 Å². The fourth-order valence-electron chi connectivity index (χ4n) is 3.29. The van der Waals surface area contributed by atoms with Gasteiger partial charge < -0.3 is 4.74 Å². The second kappa shape index (κ2) is 6.00. The van der Waals surface area contributed by atoms with Crippen LogP contribution in [0.1, 0.15) is 58.2 Å². The molecular formula is C19H31NO. The fraction of sp³-hybridized carbons (Fsp3) is 0.684. The van der Waals surface area contributed by atoms with Gasteiger partial charge in [-0.15, -0.1) is 0 Å². The number of aryl methyl sites for hydroxylation is 1. The second-order valence-electron chi connectivity index (χ2n) is 7.39. The summed E-state index contributed by atoms with van der Waals surface area (Å²) in [5.74, 6) is 1.68. The Labute approximate surface area is 130 Å². The van der Waals surface area contributed by atoms with Crippen molar-refractivity contribution in [1.82, 2.24) is 4.90 Å². The molecule has 21 heavy (non-hydrogen) atoms. The highest BCUT2D eigenvalue weighted by molar-refractivity contribution is 5.46. The Balaban J connectivity index is 2.52. The van der Waals surface area contributed by atoms with Gasteiger partial charge in [-0.1, -0.05) is 33.8 Å². The number of hydrogen-bond acceptors (Lipinski definition) is 2. The second-order valence-corrected chi connectivity index (χ2v) is 7.39. The molecule has 1 heterocycles. The molecule has 2 heteroatoms. The Morgan fingerprint density at radius 1 is 1.33 bits per heavy atom. The Bertz CT molecular complexity index is 505. The summed E-state index contributed by atoms with van der Waals surface area (Å²) < 4.78 is 6.02. The average molecular weight is 289 g/mol. The van der Waals surface area contributed by atoms with Crippen LogP contribution in [0.25, 0.3) is 0 Å². The summed E-state index contributed by atoms with van der Waals surface area (Å²) in [6, 6.07) is 4.65. The van der Waals surface area contributed by atoms with Crippen LogP contribution in [0, 0.1) is 12.8 Å². The van der Waals surface area contributed by atoms with Gasteiger partial charge in [0.05, 0.1) is 6.10 Å². The molecule has 0 saturated carbocycles. The number of ether oxygens (including phenoxy) is 1. The van der Waals surface area contributed by atoms with Crippen LogP contribution in [0.5, 0.6) is 5.75 Å². The van der Waals surface area contributed by atoms with E-state index in [1.165, 1.54) is 16.7 Å². The first-order valence-electron chi connectivity index (χ1n) is 8.28. The van der Waals surface area contributed by atoms with Crippen molar-refractivity contribution in [3.05, 3.63) is 28.8 Å². The third kappa shape index (κ3) is 3.26. The molecule has 1 aromatic rings. The number of nitrogens with zero attached hydrogens (tertiary/aromatic N) is 1. The Morgan fingerprint density at radius 3 is 2.57 bits per heavy atom. The molecule has 0 spiro atoms. The van der Waals surface area contributed by atoms with E-state index >= 15 is 0 Å². The molecule has 0 amide bonds. The van der Waals surface area contributed by atoms with Crippen LogP contribution in [-0.4, -0.2) is 24.1 Å². The zero-order valence-electron chi connectivity index (χ0n) is 14.8. The molecule has 0 bridgehead atoms. The van der Waals surface area contributed by atoms with Crippen LogP contribution in [0.4, 0.5) is 0 Å². The highest BCUT2D eigenvalue weighted by Gasteiger charge is 2.34. The molecule has 2 nitrogen and oxygen atoms in total. The van der Waals surface area contributed by atoms with Crippen LogP contribution < -0.4 is 4.74 Å². The summed E-state index contributed by atoms with van der Waals surface area (Å²) in [4.78, 5) is 2.56. The Morgan fingerprint density at radius 2 is 2.00 bits per heavy atom. The molecule has 0 aliphatic carbocycles. The number of fused-ring (bicyclic) bond motifs is 1. The molecule has 1 aliphatic heterocycles. The van der Waals surface area contributed by atoms with E-state index in [4.69, 9.17) is 4.74 Å². The quantitative estimate of drug-likeness (QED) is 0.810. The maximum absolute atomic E-state index is 6.02. The van der Waals surface area contributed by atoms with Crippen molar-refractivity contribution >= 4 is 0 Å². The van der Waals surface area contributed by atoms with Crippen LogP contribution in [0.3, 0.4) is 0 Å². The van der Waals surface area contributed by atoms with Crippen molar-refractivity contribution in [3.8, 4) is 5.75 Å². The van der Waals surface area contributed by atoms with E-state index in [0.717, 1.165) is 25.4 Å². The molecule has 2 rings (SSSR count). The predicted molar refractivity (Wildman–Crippen MR) is 90.1 cm³/mol. The van der Waals surface area contributed by atoms with E-state index < -0.39 is 0 Å². The highest BCUT2D eigenvalue weighted by Crippen LogP contribution is 2.40. The molecular weight excluding hydrogens is 258 g/mol. The van der Waals surface area contributed by atoms with Crippen molar-refractivity contribution in [1.29, 1.82) is 0 Å². The number of rotatable bonds is 3. The van der Waals surface area contributed by atoms with Gasteiger partial charge in [-0.25, -0.2) is 0 Å². The van der Waals surface area contributed by atoms with Crippen molar-refractivity contribution in [2.24, 2.45) is 5.92 Å². The first-order chi connectivity index (χ1) is 9.75. The topological polar surface area (TPSA) is 12.5 Å². The van der Waals surface area contributed by atoms with E-state index in [0.29, 0.717) is 5.92 Å². The van der Waals surface area contributed by atoms with Gasteiger partial charge in [0.2, 0.25) is 0 Å². The maximum Gasteiger partial charge on any atom is 0.122 e. The largest absolute Gasteiger partial charge is 0.491 e. The maximum atomic E-state index is 6.02. The molecule has 0 radical (unpaired) electrons. The van der Waals surface area contributed by atoms with Crippen molar-refractivity contribution < 1.29 is 4.74 Å². The molecule has 1 aromatic carbocycles. The fourth-order valence-corrected chi connectivity index (χ4v) is 3.29. The monoisotopic (exact) mass is 289 g/mol. The van der Waals surface area contributed by atoms with E-state index in [2.05, 4.69) is 65.5 Å². The first-order valence-corrected chi connectivity index (χ1v) is 8.28. The summed E-state index contributed by atoms with van der Waals surface area (Å²) in [6.45, 7) is 19.1. The molecule has 118 valence electrons. The lowest BCUT2D eigenvalue weighted by atomic mass is 9.73. The number of hydrogen-bond donors (Lipinski definition) is 0. The van der Waals surface area contributed by atoms with Gasteiger partial charge in [0.1, 0.15) is 5.75 Å². The van der Waals surface area contributed by atoms with Crippen LogP contribution in [0.15, 0.2) is 12.1 Å². The third-order valence-electron chi connectivity index (χ3n) is 5.06. The summed E-state index contributed by atoms with van der Waals surface area (Å²) in [7, 11) is 0. The summed E-state index contributed by atoms with van der Waals surface area (Å²) in [6.07, 6.45) is 0.222. The lowest BCUT2D eigenvalue weighted by Crippen LogP contribution is -2.33. The zero-order chi connectivity index (χ0) is 15.8. The lowest BCUT2D eigenvalue weighted by Gasteiger charge is -2.33. The van der Waals surface area contributed by atoms with Crippen molar-refractivity contribution in [2.45, 2.75) is 66.5 Å². The van der Waals surface area contributed by atoms with E-state index in [9.17, 15) is 0 Å². The lowest BCUT2D eigenvalue weighted by molar-refractivity contribution is 0.211. The minimum Gasteiger partial charge on any atom is -0.491 e. The van der Waals surface area contributed by atoms with Gasteiger partial charge >= 0.3 is 0 Å². The molecule has 1 atom stereocenters.